The van der Waals surface area contributed by atoms with Crippen LogP contribution in [-0.4, -0.2) is 28.5 Å². The van der Waals surface area contributed by atoms with E-state index in [1.54, 1.807) is 0 Å². The maximum atomic E-state index is 9.27. The Kier molecular flexibility index (Phi) is 4.18. The average molecular weight is 237 g/mol. The first-order valence-electron chi connectivity index (χ1n) is 6.54. The number of hydrogen-bond donors (Lipinski definition) is 3. The van der Waals surface area contributed by atoms with Gasteiger partial charge in [-0.25, -0.2) is 0 Å². The van der Waals surface area contributed by atoms with Crippen molar-refractivity contribution in [2.24, 2.45) is 11.8 Å². The van der Waals surface area contributed by atoms with Crippen LogP contribution in [0.2, 0.25) is 0 Å². The molecule has 0 aromatic carbocycles. The van der Waals surface area contributed by atoms with Crippen LogP contribution in [-0.2, 0) is 6.54 Å². The highest BCUT2D eigenvalue weighted by molar-refractivity contribution is 5.22. The van der Waals surface area contributed by atoms with Gasteiger partial charge in [0.25, 0.3) is 0 Å². The summed E-state index contributed by atoms with van der Waals surface area (Å²) in [6.07, 6.45) is 3.70. The van der Waals surface area contributed by atoms with Gasteiger partial charge in [-0.3, -0.25) is 5.10 Å². The molecule has 0 spiro atoms. The Balaban J connectivity index is 1.80. The molecule has 2 atom stereocenters. The van der Waals surface area contributed by atoms with Crippen molar-refractivity contribution in [3.05, 3.63) is 17.0 Å². The highest BCUT2D eigenvalue weighted by Crippen LogP contribution is 2.30. The van der Waals surface area contributed by atoms with E-state index >= 15 is 0 Å². The summed E-state index contributed by atoms with van der Waals surface area (Å²) in [7, 11) is 0. The predicted molar refractivity (Wildman–Crippen MR) is 67.7 cm³/mol. The molecule has 1 aromatic heterocycles. The lowest BCUT2D eigenvalue weighted by molar-refractivity contribution is 0.192. The van der Waals surface area contributed by atoms with Gasteiger partial charge in [-0.15, -0.1) is 0 Å². The van der Waals surface area contributed by atoms with Crippen LogP contribution >= 0.6 is 0 Å². The second-order valence-corrected chi connectivity index (χ2v) is 5.18. The van der Waals surface area contributed by atoms with Gasteiger partial charge in [-0.2, -0.15) is 5.10 Å². The van der Waals surface area contributed by atoms with Gasteiger partial charge in [-0.05, 0) is 45.1 Å². The molecule has 0 radical (unpaired) electrons. The third kappa shape index (κ3) is 2.87. The smallest absolute Gasteiger partial charge is 0.0638 e. The SMILES string of the molecule is Cc1n[nH]c(C)c1CNCC1CCCC1CO. The fourth-order valence-electron chi connectivity index (χ4n) is 2.84. The molecule has 0 saturated heterocycles. The Morgan fingerprint density at radius 2 is 2.12 bits per heavy atom. The Bertz CT molecular complexity index is 342. The van der Waals surface area contributed by atoms with Gasteiger partial charge in [-0.1, -0.05) is 6.42 Å². The number of rotatable bonds is 5. The average Bonchev–Trinajstić information content (AvgIpc) is 2.89. The summed E-state index contributed by atoms with van der Waals surface area (Å²) in [5.74, 6) is 1.15. The van der Waals surface area contributed by atoms with Crippen molar-refractivity contribution < 1.29 is 5.11 Å². The predicted octanol–water partition coefficient (Wildman–Crippen LogP) is 1.52. The molecular formula is C13H23N3O. The Hall–Kier alpha value is -0.870. The molecule has 1 heterocycles. The summed E-state index contributed by atoms with van der Waals surface area (Å²) in [5, 5.41) is 20.0. The number of aliphatic hydroxyl groups excluding tert-OH is 1. The molecule has 1 fully saturated rings. The van der Waals surface area contributed by atoms with Crippen LogP contribution < -0.4 is 5.32 Å². The number of aryl methyl sites for hydroxylation is 2. The van der Waals surface area contributed by atoms with Crippen LogP contribution in [0.1, 0.15) is 36.2 Å². The number of nitrogens with zero attached hydrogens (tertiary/aromatic N) is 1. The van der Waals surface area contributed by atoms with Crippen LogP contribution in [0.15, 0.2) is 0 Å². The summed E-state index contributed by atoms with van der Waals surface area (Å²) in [5.41, 5.74) is 3.52. The molecule has 1 saturated carbocycles. The van der Waals surface area contributed by atoms with E-state index in [1.807, 2.05) is 6.92 Å². The molecular weight excluding hydrogens is 214 g/mol. The maximum absolute atomic E-state index is 9.27. The van der Waals surface area contributed by atoms with Crippen LogP contribution in [0, 0.1) is 25.7 Å². The van der Waals surface area contributed by atoms with Crippen molar-refractivity contribution in [3.63, 3.8) is 0 Å². The number of H-pyrrole nitrogens is 1. The second kappa shape index (κ2) is 5.65. The number of aromatic nitrogens is 2. The van der Waals surface area contributed by atoms with E-state index in [1.165, 1.54) is 24.8 Å². The Morgan fingerprint density at radius 3 is 2.76 bits per heavy atom. The topological polar surface area (TPSA) is 60.9 Å². The quantitative estimate of drug-likeness (QED) is 0.727. The van der Waals surface area contributed by atoms with E-state index in [2.05, 4.69) is 22.4 Å². The standard InChI is InChI=1S/C13H23N3O/c1-9-13(10(2)16-15-9)7-14-6-11-4-3-5-12(11)8-17/h11-12,14,17H,3-8H2,1-2H3,(H,15,16). The fraction of sp³-hybridized carbons (Fsp3) is 0.769. The van der Waals surface area contributed by atoms with E-state index in [0.29, 0.717) is 18.4 Å². The number of nitrogens with one attached hydrogen (secondary N) is 2. The third-order valence-electron chi connectivity index (χ3n) is 4.04. The van der Waals surface area contributed by atoms with Crippen LogP contribution in [0.5, 0.6) is 0 Å². The first kappa shape index (κ1) is 12.6. The zero-order chi connectivity index (χ0) is 12.3. The first-order valence-corrected chi connectivity index (χ1v) is 6.54. The van der Waals surface area contributed by atoms with Gasteiger partial charge >= 0.3 is 0 Å². The van der Waals surface area contributed by atoms with E-state index in [-0.39, 0.29) is 0 Å². The van der Waals surface area contributed by atoms with Crippen molar-refractivity contribution in [2.45, 2.75) is 39.7 Å². The van der Waals surface area contributed by atoms with Crippen LogP contribution in [0.4, 0.5) is 0 Å². The molecule has 0 bridgehead atoms. The Labute approximate surface area is 103 Å². The van der Waals surface area contributed by atoms with Crippen molar-refractivity contribution in [2.75, 3.05) is 13.2 Å². The highest BCUT2D eigenvalue weighted by atomic mass is 16.3. The molecule has 0 amide bonds. The molecule has 17 heavy (non-hydrogen) atoms. The summed E-state index contributed by atoms with van der Waals surface area (Å²) >= 11 is 0. The van der Waals surface area contributed by atoms with Gasteiger partial charge in [0.1, 0.15) is 0 Å². The highest BCUT2D eigenvalue weighted by Gasteiger charge is 2.25. The zero-order valence-electron chi connectivity index (χ0n) is 10.8. The molecule has 0 aliphatic heterocycles. The second-order valence-electron chi connectivity index (χ2n) is 5.18. The maximum Gasteiger partial charge on any atom is 0.0638 e. The van der Waals surface area contributed by atoms with Gasteiger partial charge in [0.05, 0.1) is 5.69 Å². The zero-order valence-corrected chi connectivity index (χ0v) is 10.8. The van der Waals surface area contributed by atoms with Gasteiger partial charge in [0, 0.05) is 24.4 Å². The first-order chi connectivity index (χ1) is 8.22. The lowest BCUT2D eigenvalue weighted by Gasteiger charge is -2.17. The van der Waals surface area contributed by atoms with Crippen molar-refractivity contribution in [3.8, 4) is 0 Å². The van der Waals surface area contributed by atoms with E-state index in [9.17, 15) is 5.11 Å². The monoisotopic (exact) mass is 237 g/mol. The molecule has 96 valence electrons. The molecule has 3 N–H and O–H groups in total. The summed E-state index contributed by atoms with van der Waals surface area (Å²) < 4.78 is 0. The number of aliphatic hydroxyl groups is 1. The molecule has 2 unspecified atom stereocenters. The van der Waals surface area contributed by atoms with Crippen LogP contribution in [0.25, 0.3) is 0 Å². The van der Waals surface area contributed by atoms with Crippen molar-refractivity contribution in [1.29, 1.82) is 0 Å². The van der Waals surface area contributed by atoms with Gasteiger partial charge in [0.2, 0.25) is 0 Å². The molecule has 4 nitrogen and oxygen atoms in total. The molecule has 2 rings (SSSR count). The molecule has 1 aliphatic carbocycles. The third-order valence-corrected chi connectivity index (χ3v) is 4.04. The number of aromatic amines is 1. The minimum atomic E-state index is 0.343. The van der Waals surface area contributed by atoms with Crippen molar-refractivity contribution in [1.82, 2.24) is 15.5 Å². The number of hydrogen-bond acceptors (Lipinski definition) is 3. The summed E-state index contributed by atoms with van der Waals surface area (Å²) in [6.45, 7) is 6.32. The minimum absolute atomic E-state index is 0.343. The molecule has 1 aliphatic rings. The summed E-state index contributed by atoms with van der Waals surface area (Å²) in [6, 6.07) is 0. The van der Waals surface area contributed by atoms with Crippen molar-refractivity contribution >= 4 is 0 Å². The molecule has 1 aromatic rings. The van der Waals surface area contributed by atoms with E-state index in [4.69, 9.17) is 0 Å². The van der Waals surface area contributed by atoms with E-state index < -0.39 is 0 Å². The van der Waals surface area contributed by atoms with E-state index in [0.717, 1.165) is 24.5 Å². The van der Waals surface area contributed by atoms with Crippen LogP contribution in [0.3, 0.4) is 0 Å². The lowest BCUT2D eigenvalue weighted by atomic mass is 9.97. The van der Waals surface area contributed by atoms with Gasteiger partial charge < -0.3 is 10.4 Å². The largest absolute Gasteiger partial charge is 0.396 e. The minimum Gasteiger partial charge on any atom is -0.396 e. The normalized spacial score (nSPS) is 24.4. The fourth-order valence-corrected chi connectivity index (χ4v) is 2.84. The van der Waals surface area contributed by atoms with Gasteiger partial charge in [0.15, 0.2) is 0 Å². The lowest BCUT2D eigenvalue weighted by Crippen LogP contribution is -2.26. The molecule has 4 heteroatoms. The Morgan fingerprint density at radius 1 is 1.35 bits per heavy atom. The summed E-state index contributed by atoms with van der Waals surface area (Å²) in [4.78, 5) is 0.